The maximum atomic E-state index is 2.33. The quantitative estimate of drug-likeness (QED) is 0.417. The van der Waals surface area contributed by atoms with Crippen molar-refractivity contribution in [2.45, 2.75) is 52.4 Å². The topological polar surface area (TPSA) is 0 Å². The largest absolute Gasteiger partial charge is 1.00 e. The third-order valence-electron chi connectivity index (χ3n) is 2.49. The Labute approximate surface area is 101 Å². The van der Waals surface area contributed by atoms with Crippen LogP contribution in [0.25, 0.3) is 0 Å². The summed E-state index contributed by atoms with van der Waals surface area (Å²) in [6.07, 6.45) is 0. The second-order valence-electron chi connectivity index (χ2n) is 5.89. The molecule has 0 aliphatic carbocycles. The van der Waals surface area contributed by atoms with E-state index in [0.717, 1.165) is 0 Å². The van der Waals surface area contributed by atoms with E-state index in [0.29, 0.717) is 0 Å². The molecule has 0 amide bonds. The zero-order valence-electron chi connectivity index (χ0n) is 10.7. The van der Waals surface area contributed by atoms with E-state index in [2.05, 4.69) is 59.7 Å². The summed E-state index contributed by atoms with van der Waals surface area (Å²) >= 11 is 0. The van der Waals surface area contributed by atoms with Crippen LogP contribution in [0.3, 0.4) is 0 Å². The number of hydrogen-bond acceptors (Lipinski definition) is 0. The minimum absolute atomic E-state index is 0. The third-order valence-corrected chi connectivity index (χ3v) is 2.49. The Morgan fingerprint density at radius 2 is 1.07 bits per heavy atom. The molecule has 0 unspecified atom stereocenters. The summed E-state index contributed by atoms with van der Waals surface area (Å²) in [6.45, 7) is 13.6. The van der Waals surface area contributed by atoms with Crippen LogP contribution in [0.1, 0.15) is 52.7 Å². The van der Waals surface area contributed by atoms with E-state index in [4.69, 9.17) is 0 Å². The molecule has 0 nitrogen and oxygen atoms in total. The molecule has 0 aliphatic heterocycles. The Balaban J connectivity index is 0.00000169. The van der Waals surface area contributed by atoms with Crippen LogP contribution in [0.2, 0.25) is 0 Å². The van der Waals surface area contributed by atoms with Crippen molar-refractivity contribution in [3.05, 3.63) is 29.3 Å². The average molecular weight is 184 g/mol. The van der Waals surface area contributed by atoms with Crippen molar-refractivity contribution in [1.29, 1.82) is 0 Å². The fraction of sp³-hybridized carbons (Fsp3) is 0.615. The first-order valence-corrected chi connectivity index (χ1v) is 4.99. The first-order valence-electron chi connectivity index (χ1n) is 4.99. The zero-order valence-corrected chi connectivity index (χ0v) is 10.7. The second kappa shape index (κ2) is 4.21. The van der Waals surface area contributed by atoms with E-state index < -0.39 is 0 Å². The molecule has 0 N–H and O–H groups in total. The predicted molar refractivity (Wildman–Crippen MR) is 59.4 cm³/mol. The van der Waals surface area contributed by atoms with E-state index in [1.165, 1.54) is 11.1 Å². The SMILES string of the molecule is CC(C)(C)c1ccc(C(C)(C)C)[cH-]1.[Li+]. The molecule has 1 rings (SSSR count). The van der Waals surface area contributed by atoms with Gasteiger partial charge in [-0.1, -0.05) is 41.5 Å². The van der Waals surface area contributed by atoms with E-state index in [1.54, 1.807) is 0 Å². The van der Waals surface area contributed by atoms with E-state index in [9.17, 15) is 0 Å². The summed E-state index contributed by atoms with van der Waals surface area (Å²) in [5.41, 5.74) is 3.45. The third kappa shape index (κ3) is 3.26. The van der Waals surface area contributed by atoms with Crippen molar-refractivity contribution in [2.24, 2.45) is 0 Å². The van der Waals surface area contributed by atoms with Gasteiger partial charge in [0.25, 0.3) is 0 Å². The van der Waals surface area contributed by atoms with Gasteiger partial charge < -0.3 is 0 Å². The predicted octanol–water partition coefficient (Wildman–Crippen LogP) is 1.00. The van der Waals surface area contributed by atoms with Gasteiger partial charge >= 0.3 is 18.9 Å². The molecule has 0 bridgehead atoms. The second-order valence-corrected chi connectivity index (χ2v) is 5.89. The van der Waals surface area contributed by atoms with Crippen molar-refractivity contribution in [3.8, 4) is 0 Å². The number of hydrogen-bond donors (Lipinski definition) is 0. The normalized spacial score (nSPS) is 12.4. The van der Waals surface area contributed by atoms with E-state index in [1.807, 2.05) is 0 Å². The molecule has 0 fully saturated rings. The summed E-state index contributed by atoms with van der Waals surface area (Å²) in [5, 5.41) is 0. The molecule has 0 spiro atoms. The fourth-order valence-electron chi connectivity index (χ4n) is 1.38. The van der Waals surface area contributed by atoms with Crippen molar-refractivity contribution in [3.63, 3.8) is 0 Å². The molecule has 0 saturated heterocycles. The first-order chi connectivity index (χ1) is 5.71. The molecule has 0 saturated carbocycles. The van der Waals surface area contributed by atoms with Crippen LogP contribution < -0.4 is 18.9 Å². The van der Waals surface area contributed by atoms with Crippen molar-refractivity contribution in [1.82, 2.24) is 0 Å². The Hall–Kier alpha value is -0.0526. The molecule has 1 aromatic rings. The summed E-state index contributed by atoms with van der Waals surface area (Å²) in [5.74, 6) is 0. The fourth-order valence-corrected chi connectivity index (χ4v) is 1.38. The molecule has 0 aromatic heterocycles. The molecule has 1 aromatic carbocycles. The van der Waals surface area contributed by atoms with Crippen LogP contribution in [0.4, 0.5) is 0 Å². The smallest absolute Gasteiger partial charge is 0.210 e. The van der Waals surface area contributed by atoms with E-state index in [-0.39, 0.29) is 29.7 Å². The minimum Gasteiger partial charge on any atom is -0.210 e. The van der Waals surface area contributed by atoms with Gasteiger partial charge in [0, 0.05) is 0 Å². The van der Waals surface area contributed by atoms with Gasteiger partial charge in [-0.3, -0.25) is 0 Å². The molecule has 0 atom stereocenters. The Morgan fingerprint density at radius 3 is 1.21 bits per heavy atom. The van der Waals surface area contributed by atoms with Gasteiger partial charge in [-0.2, -0.15) is 17.2 Å². The first kappa shape index (κ1) is 13.9. The maximum absolute atomic E-state index is 2.33. The monoisotopic (exact) mass is 184 g/mol. The van der Waals surface area contributed by atoms with Crippen LogP contribution in [0, 0.1) is 0 Å². The molecule has 0 aliphatic rings. The molecular weight excluding hydrogens is 163 g/mol. The number of rotatable bonds is 0. The van der Waals surface area contributed by atoms with Gasteiger partial charge in [0.2, 0.25) is 0 Å². The van der Waals surface area contributed by atoms with Crippen LogP contribution in [0.5, 0.6) is 0 Å². The average Bonchev–Trinajstić information content (AvgIpc) is 2.28. The van der Waals surface area contributed by atoms with Gasteiger partial charge in [-0.25, -0.2) is 12.1 Å². The molecule has 14 heavy (non-hydrogen) atoms. The van der Waals surface area contributed by atoms with Crippen LogP contribution in [-0.2, 0) is 10.8 Å². The van der Waals surface area contributed by atoms with Crippen LogP contribution in [0.15, 0.2) is 18.2 Å². The summed E-state index contributed by atoms with van der Waals surface area (Å²) in [4.78, 5) is 0. The van der Waals surface area contributed by atoms with Crippen LogP contribution in [-0.4, -0.2) is 0 Å². The van der Waals surface area contributed by atoms with Crippen molar-refractivity contribution < 1.29 is 18.9 Å². The molecule has 0 heterocycles. The van der Waals surface area contributed by atoms with Gasteiger partial charge in [0.1, 0.15) is 0 Å². The summed E-state index contributed by atoms with van der Waals surface area (Å²) in [7, 11) is 0. The Bertz CT molecular complexity index is 252. The Kier molecular flexibility index (Phi) is 4.20. The van der Waals surface area contributed by atoms with Gasteiger partial charge in [0.15, 0.2) is 0 Å². The molecular formula is C13H21Li. The standard InChI is InChI=1S/C13H21.Li/c1-12(2,3)10-7-8-11(9-10)13(4,5)6;/h7-9H,1-6H3;/q-1;+1. The Morgan fingerprint density at radius 1 is 0.786 bits per heavy atom. The maximum Gasteiger partial charge on any atom is 1.00 e. The van der Waals surface area contributed by atoms with Gasteiger partial charge in [-0.15, -0.1) is 0 Å². The molecule has 1 heteroatoms. The molecule has 0 radical (unpaired) electrons. The summed E-state index contributed by atoms with van der Waals surface area (Å²) in [6, 6.07) is 6.83. The molecule has 74 valence electrons. The van der Waals surface area contributed by atoms with Crippen molar-refractivity contribution in [2.75, 3.05) is 0 Å². The minimum atomic E-state index is 0. The van der Waals surface area contributed by atoms with Gasteiger partial charge in [-0.05, 0) is 10.8 Å². The zero-order chi connectivity index (χ0) is 10.3. The van der Waals surface area contributed by atoms with Crippen LogP contribution >= 0.6 is 0 Å². The van der Waals surface area contributed by atoms with Gasteiger partial charge in [0.05, 0.1) is 0 Å². The van der Waals surface area contributed by atoms with Crippen molar-refractivity contribution >= 4 is 0 Å². The van der Waals surface area contributed by atoms with E-state index >= 15 is 0 Å². The summed E-state index contributed by atoms with van der Waals surface area (Å²) < 4.78 is 0.